The van der Waals surface area contributed by atoms with Crippen LogP contribution >= 0.6 is 0 Å². The van der Waals surface area contributed by atoms with Crippen LogP contribution in [0.15, 0.2) is 69.3 Å². The van der Waals surface area contributed by atoms with Gasteiger partial charge in [-0.25, -0.2) is 8.42 Å². The third-order valence-electron chi connectivity index (χ3n) is 7.51. The molecule has 254 valence electrons. The predicted octanol–water partition coefficient (Wildman–Crippen LogP) is 3.23. The summed E-state index contributed by atoms with van der Waals surface area (Å²) in [5.74, 6) is -0.179. The Morgan fingerprint density at radius 3 is 1.83 bits per heavy atom. The molecule has 0 fully saturated rings. The molecule has 5 rings (SSSR count). The highest BCUT2D eigenvalue weighted by Gasteiger charge is 2.30. The normalized spacial score (nSPS) is 13.4. The van der Waals surface area contributed by atoms with Crippen molar-refractivity contribution in [2.45, 2.75) is 35.5 Å². The lowest BCUT2D eigenvalue weighted by Crippen LogP contribution is -2.25. The number of fused-ring (bicyclic) bond motifs is 2. The Balaban J connectivity index is 1.89. The first-order chi connectivity index (χ1) is 22.0. The second-order valence-corrected chi connectivity index (χ2v) is 17.0. The molecule has 18 heteroatoms. The second-order valence-electron chi connectivity index (χ2n) is 11.1. The van der Waals surface area contributed by atoms with E-state index < -0.39 is 55.1 Å². The van der Waals surface area contributed by atoms with Gasteiger partial charge in [-0.15, -0.1) is 0 Å². The molecule has 14 nitrogen and oxygen atoms in total. The largest absolute Gasteiger partial charge is 0.456 e. The Morgan fingerprint density at radius 2 is 1.25 bits per heavy atom. The van der Waals surface area contributed by atoms with Crippen LogP contribution in [0.5, 0.6) is 11.5 Å². The van der Waals surface area contributed by atoms with E-state index in [1.54, 1.807) is 26.8 Å². The number of hydrogen-bond acceptors (Lipinski definition) is 10. The number of benzene rings is 4. The molecule has 0 radical (unpaired) electrons. The van der Waals surface area contributed by atoms with E-state index in [2.05, 4.69) is 16.6 Å². The lowest BCUT2D eigenvalue weighted by atomic mass is 9.92. The molecule has 0 saturated carbocycles. The van der Waals surface area contributed by atoms with Crippen LogP contribution in [0, 0.1) is 20.8 Å². The van der Waals surface area contributed by atoms with Crippen LogP contribution in [0.3, 0.4) is 0 Å². The van der Waals surface area contributed by atoms with E-state index in [9.17, 15) is 47.3 Å². The number of nitrogens with one attached hydrogen (secondary N) is 2. The Morgan fingerprint density at radius 1 is 0.667 bits per heavy atom. The standard InChI is InChI=1S/C30H28N2O12S4/c1-15-11-23-20(12-26(15)47(38,39)40)28(19-8-6-7-9-25(19)46(35,36)37)21-13-27(48(41,42)43)22(14-24(21)44-23)31-29-16(2)10-17(3)30(18(29)4)32-45(5,33)34/h6-14,31-32H,1H2,2-5H3,(H,35,36,37)(H,38,39,40)(H,41,42,43). The summed E-state index contributed by atoms with van der Waals surface area (Å²) in [6.45, 7) is 8.60. The summed E-state index contributed by atoms with van der Waals surface area (Å²) in [6, 6.07) is 11.0. The topological polar surface area (TPSA) is 231 Å². The predicted molar refractivity (Wildman–Crippen MR) is 178 cm³/mol. The minimum absolute atomic E-state index is 0.0760. The zero-order chi connectivity index (χ0) is 35.7. The number of anilines is 3. The summed E-state index contributed by atoms with van der Waals surface area (Å²) in [5.41, 5.74) is 1.34. The van der Waals surface area contributed by atoms with Crippen molar-refractivity contribution in [2.24, 2.45) is 0 Å². The molecule has 0 bridgehead atoms. The Bertz CT molecular complexity index is 2640. The van der Waals surface area contributed by atoms with Crippen molar-refractivity contribution < 1.29 is 52.1 Å². The van der Waals surface area contributed by atoms with Crippen LogP contribution in [-0.2, 0) is 40.4 Å². The molecule has 1 aliphatic heterocycles. The minimum Gasteiger partial charge on any atom is -0.456 e. The van der Waals surface area contributed by atoms with Gasteiger partial charge in [0.2, 0.25) is 10.0 Å². The third kappa shape index (κ3) is 6.68. The molecule has 0 spiro atoms. The van der Waals surface area contributed by atoms with Gasteiger partial charge in [-0.3, -0.25) is 18.4 Å². The average molecular weight is 737 g/mol. The zero-order valence-corrected chi connectivity index (χ0v) is 28.8. The molecule has 0 aliphatic carbocycles. The maximum atomic E-state index is 12.9. The lowest BCUT2D eigenvalue weighted by molar-refractivity contribution is 0.466. The van der Waals surface area contributed by atoms with Crippen LogP contribution in [0.1, 0.15) is 27.8 Å². The van der Waals surface area contributed by atoms with Crippen LogP contribution in [0.2, 0.25) is 0 Å². The van der Waals surface area contributed by atoms with Gasteiger partial charge in [0.1, 0.15) is 26.2 Å². The van der Waals surface area contributed by atoms with Crippen molar-refractivity contribution >= 4 is 69.6 Å². The summed E-state index contributed by atoms with van der Waals surface area (Å²) < 4.78 is 138. The molecule has 4 aromatic carbocycles. The summed E-state index contributed by atoms with van der Waals surface area (Å²) in [5, 5.41) is 2.64. The van der Waals surface area contributed by atoms with Crippen LogP contribution in [0.25, 0.3) is 12.2 Å². The maximum absolute atomic E-state index is 12.9. The number of rotatable bonds is 8. The fourth-order valence-corrected chi connectivity index (χ4v) is 8.27. The van der Waals surface area contributed by atoms with Gasteiger partial charge in [-0.2, -0.15) is 25.3 Å². The van der Waals surface area contributed by atoms with Gasteiger partial charge >= 0.3 is 0 Å². The summed E-state index contributed by atoms with van der Waals surface area (Å²) in [7, 11) is -18.6. The summed E-state index contributed by atoms with van der Waals surface area (Å²) in [4.78, 5) is -2.01. The Hall–Kier alpha value is -4.30. The van der Waals surface area contributed by atoms with Crippen LogP contribution in [-0.4, -0.2) is 53.6 Å². The SMILES string of the molecule is C=c1cc2c(cc1S(=O)(=O)O)=C(c1ccccc1S(=O)(=O)O)c1cc(S(=O)(=O)O)c(Nc3c(C)cc(C)c(NS(C)(=O)=O)c3C)cc1O2. The first-order valence-electron chi connectivity index (χ1n) is 13.6. The molecular weight excluding hydrogens is 709 g/mol. The molecule has 48 heavy (non-hydrogen) atoms. The molecule has 0 atom stereocenters. The van der Waals surface area contributed by atoms with Crippen molar-refractivity contribution in [3.05, 3.63) is 92.9 Å². The molecule has 0 aromatic heterocycles. The second kappa shape index (κ2) is 11.7. The molecule has 5 N–H and O–H groups in total. The fraction of sp³-hybridized carbons (Fsp3) is 0.133. The first-order valence-corrected chi connectivity index (χ1v) is 19.8. The average Bonchev–Trinajstić information content (AvgIpc) is 2.93. The van der Waals surface area contributed by atoms with Gasteiger partial charge in [-0.05, 0) is 66.9 Å². The Labute approximate surface area is 276 Å². The summed E-state index contributed by atoms with van der Waals surface area (Å²) >= 11 is 0. The highest BCUT2D eigenvalue weighted by atomic mass is 32.2. The molecular formula is C30H28N2O12S4. The van der Waals surface area contributed by atoms with E-state index in [1.165, 1.54) is 30.3 Å². The van der Waals surface area contributed by atoms with Crippen molar-refractivity contribution in [3.63, 3.8) is 0 Å². The highest BCUT2D eigenvalue weighted by Crippen LogP contribution is 2.44. The molecule has 0 amide bonds. The lowest BCUT2D eigenvalue weighted by Gasteiger charge is -2.25. The molecule has 1 heterocycles. The zero-order valence-electron chi connectivity index (χ0n) is 25.6. The van der Waals surface area contributed by atoms with E-state index in [0.717, 1.165) is 24.5 Å². The number of hydrogen-bond donors (Lipinski definition) is 5. The van der Waals surface area contributed by atoms with Crippen LogP contribution < -0.4 is 25.2 Å². The number of sulfonamides is 1. The van der Waals surface area contributed by atoms with Gasteiger partial charge in [0.15, 0.2) is 0 Å². The molecule has 4 aromatic rings. The van der Waals surface area contributed by atoms with E-state index in [4.69, 9.17) is 4.74 Å². The fourth-order valence-electron chi connectivity index (χ4n) is 5.58. The molecule has 0 saturated heterocycles. The monoisotopic (exact) mass is 736 g/mol. The summed E-state index contributed by atoms with van der Waals surface area (Å²) in [6.07, 6.45) is 0.971. The maximum Gasteiger partial charge on any atom is 0.296 e. The van der Waals surface area contributed by atoms with Crippen molar-refractivity contribution in [1.29, 1.82) is 0 Å². The minimum atomic E-state index is -5.08. The van der Waals surface area contributed by atoms with Crippen molar-refractivity contribution in [2.75, 3.05) is 16.3 Å². The van der Waals surface area contributed by atoms with E-state index in [1.807, 2.05) is 0 Å². The molecule has 1 aliphatic rings. The smallest absolute Gasteiger partial charge is 0.296 e. The highest BCUT2D eigenvalue weighted by molar-refractivity contribution is 7.92. The first kappa shape index (κ1) is 35.0. The van der Waals surface area contributed by atoms with Gasteiger partial charge in [0.25, 0.3) is 30.4 Å². The van der Waals surface area contributed by atoms with E-state index in [0.29, 0.717) is 16.7 Å². The Kier molecular flexibility index (Phi) is 8.53. The molecule has 0 unspecified atom stereocenters. The van der Waals surface area contributed by atoms with E-state index >= 15 is 0 Å². The third-order valence-corrected chi connectivity index (χ3v) is 10.8. The van der Waals surface area contributed by atoms with Gasteiger partial charge in [-0.1, -0.05) is 30.8 Å². The van der Waals surface area contributed by atoms with Crippen LogP contribution in [0.4, 0.5) is 17.1 Å². The van der Waals surface area contributed by atoms with Gasteiger partial charge in [0, 0.05) is 33.7 Å². The quantitative estimate of drug-likeness (QED) is 0.144. The van der Waals surface area contributed by atoms with Gasteiger partial charge in [0.05, 0.1) is 17.6 Å². The van der Waals surface area contributed by atoms with Crippen molar-refractivity contribution in [1.82, 2.24) is 0 Å². The number of aryl methyl sites for hydroxylation is 2. The van der Waals surface area contributed by atoms with Crippen molar-refractivity contribution in [3.8, 4) is 11.5 Å². The van der Waals surface area contributed by atoms with Gasteiger partial charge < -0.3 is 10.1 Å². The van der Waals surface area contributed by atoms with E-state index in [-0.39, 0.29) is 55.7 Å². The number of ether oxygens (including phenoxy) is 1.